The van der Waals surface area contributed by atoms with Gasteiger partial charge in [0.1, 0.15) is 23.4 Å². The van der Waals surface area contributed by atoms with Gasteiger partial charge in [0.05, 0.1) is 11.2 Å². The van der Waals surface area contributed by atoms with Crippen LogP contribution in [0, 0.1) is 5.82 Å². The van der Waals surface area contributed by atoms with Gasteiger partial charge in [0, 0.05) is 11.6 Å². The van der Waals surface area contributed by atoms with E-state index in [4.69, 9.17) is 16.0 Å². The highest BCUT2D eigenvalue weighted by Gasteiger charge is 2.26. The van der Waals surface area contributed by atoms with Gasteiger partial charge in [-0.3, -0.25) is 10.2 Å². The minimum Gasteiger partial charge on any atom is -0.455 e. The molecule has 1 saturated heterocycles. The van der Waals surface area contributed by atoms with Crippen molar-refractivity contribution in [3.63, 3.8) is 0 Å². The Morgan fingerprint density at radius 3 is 2.96 bits per heavy atom. The zero-order valence-electron chi connectivity index (χ0n) is 12.8. The normalized spacial score (nSPS) is 20.6. The SMILES string of the molecule is CC1CC(C(=O)N/N=C/c2ccc(-c3ccc(F)c(Cl)c3)o2)NN1. The van der Waals surface area contributed by atoms with Crippen molar-refractivity contribution < 1.29 is 13.6 Å². The van der Waals surface area contributed by atoms with Crippen LogP contribution in [0.4, 0.5) is 4.39 Å². The molecule has 2 heterocycles. The van der Waals surface area contributed by atoms with Crippen LogP contribution in [0.1, 0.15) is 19.1 Å². The van der Waals surface area contributed by atoms with Crippen molar-refractivity contribution in [1.82, 2.24) is 16.3 Å². The molecular formula is C16H16ClFN4O2. The molecule has 1 aliphatic heterocycles. The summed E-state index contributed by atoms with van der Waals surface area (Å²) in [5.74, 6) is 0.276. The number of hydrogen-bond acceptors (Lipinski definition) is 5. The molecule has 2 atom stereocenters. The number of halogens is 2. The second-order valence-corrected chi connectivity index (χ2v) is 5.95. The first-order valence-electron chi connectivity index (χ1n) is 7.42. The van der Waals surface area contributed by atoms with E-state index in [9.17, 15) is 9.18 Å². The number of rotatable bonds is 4. The molecule has 1 amide bonds. The molecular weight excluding hydrogens is 335 g/mol. The van der Waals surface area contributed by atoms with Crippen molar-refractivity contribution in [2.24, 2.45) is 5.10 Å². The minimum atomic E-state index is -0.485. The Kier molecular flexibility index (Phi) is 4.94. The van der Waals surface area contributed by atoms with Crippen LogP contribution in [0.15, 0.2) is 39.9 Å². The molecule has 0 saturated carbocycles. The summed E-state index contributed by atoms with van der Waals surface area (Å²) < 4.78 is 18.8. The minimum absolute atomic E-state index is 0.0262. The summed E-state index contributed by atoms with van der Waals surface area (Å²) >= 11 is 5.76. The van der Waals surface area contributed by atoms with Crippen LogP contribution in [-0.4, -0.2) is 24.2 Å². The first kappa shape index (κ1) is 16.6. The molecule has 0 radical (unpaired) electrons. The van der Waals surface area contributed by atoms with E-state index in [0.29, 0.717) is 23.5 Å². The fraction of sp³-hybridized carbons (Fsp3) is 0.250. The third-order valence-corrected chi connectivity index (χ3v) is 3.90. The summed E-state index contributed by atoms with van der Waals surface area (Å²) in [5, 5.41) is 3.90. The highest BCUT2D eigenvalue weighted by atomic mass is 35.5. The van der Waals surface area contributed by atoms with Gasteiger partial charge in [-0.1, -0.05) is 11.6 Å². The molecule has 1 aromatic heterocycles. The van der Waals surface area contributed by atoms with Gasteiger partial charge >= 0.3 is 0 Å². The van der Waals surface area contributed by atoms with E-state index in [2.05, 4.69) is 21.4 Å². The lowest BCUT2D eigenvalue weighted by molar-refractivity contribution is -0.122. The Morgan fingerprint density at radius 2 is 2.25 bits per heavy atom. The van der Waals surface area contributed by atoms with Gasteiger partial charge in [-0.05, 0) is 43.7 Å². The highest BCUT2D eigenvalue weighted by molar-refractivity contribution is 6.31. The fourth-order valence-corrected chi connectivity index (χ4v) is 2.53. The van der Waals surface area contributed by atoms with Crippen molar-refractivity contribution in [2.45, 2.75) is 25.4 Å². The summed E-state index contributed by atoms with van der Waals surface area (Å²) in [5.41, 5.74) is 8.97. The van der Waals surface area contributed by atoms with Gasteiger partial charge in [-0.15, -0.1) is 0 Å². The second-order valence-electron chi connectivity index (χ2n) is 5.54. The number of carbonyl (C=O) groups is 1. The van der Waals surface area contributed by atoms with Crippen LogP contribution in [0.25, 0.3) is 11.3 Å². The Morgan fingerprint density at radius 1 is 1.42 bits per heavy atom. The molecule has 1 aliphatic rings. The largest absolute Gasteiger partial charge is 0.455 e. The van der Waals surface area contributed by atoms with E-state index in [1.807, 2.05) is 6.92 Å². The summed E-state index contributed by atoms with van der Waals surface area (Å²) in [7, 11) is 0. The zero-order chi connectivity index (χ0) is 17.1. The molecule has 6 nitrogen and oxygen atoms in total. The molecule has 126 valence electrons. The van der Waals surface area contributed by atoms with Crippen LogP contribution >= 0.6 is 11.6 Å². The Balaban J connectivity index is 1.61. The lowest BCUT2D eigenvalue weighted by Gasteiger charge is -2.05. The van der Waals surface area contributed by atoms with Crippen LogP contribution in [0.5, 0.6) is 0 Å². The quantitative estimate of drug-likeness (QED) is 0.584. The van der Waals surface area contributed by atoms with Gasteiger partial charge < -0.3 is 4.42 Å². The predicted octanol–water partition coefficient (Wildman–Crippen LogP) is 2.44. The maximum absolute atomic E-state index is 13.2. The summed E-state index contributed by atoms with van der Waals surface area (Å²) in [6.07, 6.45) is 2.09. The van der Waals surface area contributed by atoms with E-state index in [-0.39, 0.29) is 23.0 Å². The van der Waals surface area contributed by atoms with Crippen LogP contribution in [0.2, 0.25) is 5.02 Å². The molecule has 1 fully saturated rings. The fourth-order valence-electron chi connectivity index (χ4n) is 2.35. The second kappa shape index (κ2) is 7.12. The number of benzene rings is 1. The van der Waals surface area contributed by atoms with Gasteiger partial charge in [0.15, 0.2) is 0 Å². The Labute approximate surface area is 143 Å². The third kappa shape index (κ3) is 3.81. The topological polar surface area (TPSA) is 78.7 Å². The average Bonchev–Trinajstić information content (AvgIpc) is 3.19. The molecule has 0 bridgehead atoms. The third-order valence-electron chi connectivity index (χ3n) is 3.61. The number of carbonyl (C=O) groups excluding carboxylic acids is 1. The van der Waals surface area contributed by atoms with Crippen molar-refractivity contribution >= 4 is 23.7 Å². The number of hydrogen-bond donors (Lipinski definition) is 3. The summed E-state index contributed by atoms with van der Waals surface area (Å²) in [6, 6.07) is 7.67. The molecule has 2 aromatic rings. The van der Waals surface area contributed by atoms with E-state index >= 15 is 0 Å². The molecule has 8 heteroatoms. The van der Waals surface area contributed by atoms with Gasteiger partial charge in [0.25, 0.3) is 5.91 Å². The lowest BCUT2D eigenvalue weighted by Crippen LogP contribution is -2.41. The molecule has 24 heavy (non-hydrogen) atoms. The van der Waals surface area contributed by atoms with E-state index in [0.717, 1.165) is 0 Å². The molecule has 2 unspecified atom stereocenters. The van der Waals surface area contributed by atoms with E-state index < -0.39 is 5.82 Å². The van der Waals surface area contributed by atoms with Gasteiger partial charge in [-0.2, -0.15) is 5.10 Å². The van der Waals surface area contributed by atoms with Crippen LogP contribution in [0.3, 0.4) is 0 Å². The Hall–Kier alpha value is -2.22. The van der Waals surface area contributed by atoms with Crippen LogP contribution < -0.4 is 16.3 Å². The van der Waals surface area contributed by atoms with Gasteiger partial charge in [-0.25, -0.2) is 15.2 Å². The molecule has 3 N–H and O–H groups in total. The van der Waals surface area contributed by atoms with E-state index in [1.165, 1.54) is 18.3 Å². The lowest BCUT2D eigenvalue weighted by atomic mass is 10.1. The van der Waals surface area contributed by atoms with Crippen molar-refractivity contribution in [1.29, 1.82) is 0 Å². The molecule has 3 rings (SSSR count). The number of furan rings is 1. The van der Waals surface area contributed by atoms with Crippen molar-refractivity contribution in [3.05, 3.63) is 46.9 Å². The summed E-state index contributed by atoms with van der Waals surface area (Å²) in [4.78, 5) is 11.9. The smallest absolute Gasteiger partial charge is 0.258 e. The Bertz CT molecular complexity index is 777. The van der Waals surface area contributed by atoms with Crippen LogP contribution in [-0.2, 0) is 4.79 Å². The van der Waals surface area contributed by atoms with Gasteiger partial charge in [0.2, 0.25) is 0 Å². The molecule has 0 spiro atoms. The monoisotopic (exact) mass is 350 g/mol. The number of nitrogens with one attached hydrogen (secondary N) is 3. The summed E-state index contributed by atoms with van der Waals surface area (Å²) in [6.45, 7) is 1.98. The van der Waals surface area contributed by atoms with E-state index in [1.54, 1.807) is 18.2 Å². The first-order chi connectivity index (χ1) is 11.5. The predicted molar refractivity (Wildman–Crippen MR) is 89.0 cm³/mol. The average molecular weight is 351 g/mol. The zero-order valence-corrected chi connectivity index (χ0v) is 13.6. The maximum atomic E-state index is 13.2. The number of nitrogens with zero attached hydrogens (tertiary/aromatic N) is 1. The number of hydrazone groups is 1. The number of hydrazine groups is 1. The van der Waals surface area contributed by atoms with Crippen molar-refractivity contribution in [2.75, 3.05) is 0 Å². The van der Waals surface area contributed by atoms with Crippen molar-refractivity contribution in [3.8, 4) is 11.3 Å². The maximum Gasteiger partial charge on any atom is 0.258 e. The molecule has 0 aliphatic carbocycles. The highest BCUT2D eigenvalue weighted by Crippen LogP contribution is 2.26. The number of amides is 1. The standard InChI is InChI=1S/C16H16ClFN4O2/c1-9-6-14(21-20-9)16(23)22-19-8-11-3-5-15(24-11)10-2-4-13(18)12(17)7-10/h2-5,7-9,14,20-21H,6H2,1H3,(H,22,23)/b19-8+. The molecule has 1 aromatic carbocycles. The first-order valence-corrected chi connectivity index (χ1v) is 7.80.